The summed E-state index contributed by atoms with van der Waals surface area (Å²) in [6, 6.07) is 0. The van der Waals surface area contributed by atoms with Crippen molar-refractivity contribution in [1.82, 2.24) is 4.98 Å². The molecule has 0 aromatic carbocycles. The van der Waals surface area contributed by atoms with E-state index in [9.17, 15) is 30.4 Å². The van der Waals surface area contributed by atoms with Gasteiger partial charge < -0.3 is 5.73 Å². The lowest BCUT2D eigenvalue weighted by Gasteiger charge is -2.17. The molecule has 1 rings (SSSR count). The van der Waals surface area contributed by atoms with Gasteiger partial charge >= 0.3 is 6.18 Å². The molecule has 5 nitrogen and oxygen atoms in total. The Morgan fingerprint density at radius 2 is 1.84 bits per heavy atom. The van der Waals surface area contributed by atoms with E-state index < -0.39 is 50.9 Å². The van der Waals surface area contributed by atoms with E-state index in [2.05, 4.69) is 4.98 Å². The number of nitrogens with two attached hydrogens (primary N) is 2. The molecule has 0 aliphatic carbocycles. The summed E-state index contributed by atoms with van der Waals surface area (Å²) < 4.78 is 85.5. The van der Waals surface area contributed by atoms with Crippen LogP contribution in [0.2, 0.25) is 0 Å². The molecule has 0 radical (unpaired) electrons. The zero-order chi connectivity index (χ0) is 15.0. The highest BCUT2D eigenvalue weighted by Crippen LogP contribution is 2.39. The molecule has 19 heavy (non-hydrogen) atoms. The van der Waals surface area contributed by atoms with Crippen LogP contribution in [0, 0.1) is 0 Å². The van der Waals surface area contributed by atoms with Crippen molar-refractivity contribution in [3.8, 4) is 0 Å². The predicted octanol–water partition coefficient (Wildman–Crippen LogP) is 1.14. The Morgan fingerprint density at radius 1 is 1.32 bits per heavy atom. The number of hydrogen-bond donors (Lipinski definition) is 2. The third-order valence-corrected chi connectivity index (χ3v) is 3.14. The van der Waals surface area contributed by atoms with E-state index in [-0.39, 0.29) is 0 Å². The van der Waals surface area contributed by atoms with Gasteiger partial charge in [0.2, 0.25) is 10.0 Å². The van der Waals surface area contributed by atoms with Crippen molar-refractivity contribution in [3.63, 3.8) is 0 Å². The number of nitrogens with zero attached hydrogens (tertiary/aromatic N) is 1. The summed E-state index contributed by atoms with van der Waals surface area (Å²) in [6.07, 6.45) is -8.42. The summed E-state index contributed by atoms with van der Waals surface area (Å²) in [5, 5.41) is 4.69. The van der Waals surface area contributed by atoms with Crippen LogP contribution in [0.25, 0.3) is 0 Å². The van der Waals surface area contributed by atoms with Crippen molar-refractivity contribution in [2.24, 2.45) is 10.9 Å². The van der Waals surface area contributed by atoms with E-state index in [0.29, 0.717) is 6.20 Å². The van der Waals surface area contributed by atoms with Crippen LogP contribution < -0.4 is 10.9 Å². The van der Waals surface area contributed by atoms with Crippen LogP contribution >= 0.6 is 0 Å². The second kappa shape index (κ2) is 4.98. The zero-order valence-corrected chi connectivity index (χ0v) is 9.89. The summed E-state index contributed by atoms with van der Waals surface area (Å²) >= 11 is 0. The Hall–Kier alpha value is -1.33. The van der Waals surface area contributed by atoms with Gasteiger partial charge in [-0.25, -0.2) is 22.3 Å². The van der Waals surface area contributed by atoms with Crippen LogP contribution in [-0.4, -0.2) is 13.4 Å². The molecule has 108 valence electrons. The lowest BCUT2D eigenvalue weighted by molar-refractivity contribution is -0.140. The fraction of sp³-hybridized carbons (Fsp3) is 0.375. The van der Waals surface area contributed by atoms with Gasteiger partial charge in [0.05, 0.1) is 5.56 Å². The highest BCUT2D eigenvalue weighted by molar-refractivity contribution is 7.89. The van der Waals surface area contributed by atoms with E-state index in [0.717, 1.165) is 0 Å². The summed E-state index contributed by atoms with van der Waals surface area (Å²) in [6.45, 7) is -0.928. The molecule has 1 aromatic heterocycles. The van der Waals surface area contributed by atoms with Crippen molar-refractivity contribution < 1.29 is 30.4 Å². The second-order valence-corrected chi connectivity index (χ2v) is 4.94. The number of primary sulfonamides is 1. The molecule has 0 fully saturated rings. The van der Waals surface area contributed by atoms with Gasteiger partial charge in [-0.1, -0.05) is 0 Å². The molecule has 0 amide bonds. The van der Waals surface area contributed by atoms with Gasteiger partial charge in [-0.05, 0) is 0 Å². The largest absolute Gasteiger partial charge is 0.418 e. The Bertz CT molecular complexity index is 585. The summed E-state index contributed by atoms with van der Waals surface area (Å²) in [4.78, 5) is 1.81. The van der Waals surface area contributed by atoms with E-state index >= 15 is 0 Å². The van der Waals surface area contributed by atoms with E-state index in [1.807, 2.05) is 0 Å². The van der Waals surface area contributed by atoms with E-state index in [4.69, 9.17) is 10.9 Å². The molecular weight excluding hydrogens is 297 g/mol. The fourth-order valence-electron chi connectivity index (χ4n) is 1.48. The summed E-state index contributed by atoms with van der Waals surface area (Å²) in [5.74, 6) is 0. The molecule has 11 heteroatoms. The predicted molar refractivity (Wildman–Crippen MR) is 53.5 cm³/mol. The maximum absolute atomic E-state index is 12.8. The maximum atomic E-state index is 12.8. The number of pyridine rings is 1. The molecule has 1 aromatic rings. The number of sulfonamides is 1. The maximum Gasteiger partial charge on any atom is 0.418 e. The number of rotatable bonds is 3. The lowest BCUT2D eigenvalue weighted by Crippen LogP contribution is -2.23. The van der Waals surface area contributed by atoms with Gasteiger partial charge in [0.1, 0.15) is 10.6 Å². The van der Waals surface area contributed by atoms with E-state index in [1.54, 1.807) is 0 Å². The third-order valence-electron chi connectivity index (χ3n) is 2.18. The molecule has 0 bridgehead atoms. The van der Waals surface area contributed by atoms with Crippen LogP contribution in [0.1, 0.15) is 23.2 Å². The van der Waals surface area contributed by atoms with Crippen molar-refractivity contribution in [2.45, 2.75) is 24.0 Å². The number of alkyl halides is 5. The first kappa shape index (κ1) is 15.7. The molecule has 4 N–H and O–H groups in total. The number of halogens is 5. The minimum absolute atomic E-state index is 0.342. The van der Waals surface area contributed by atoms with Crippen molar-refractivity contribution in [3.05, 3.63) is 23.0 Å². The molecular formula is C8H8F5N3O2S. The van der Waals surface area contributed by atoms with Crippen LogP contribution in [0.4, 0.5) is 22.0 Å². The van der Waals surface area contributed by atoms with Gasteiger partial charge in [0.25, 0.3) is 6.43 Å². The smallest absolute Gasteiger partial charge is 0.326 e. The Labute approximate surface area is 104 Å². The normalized spacial score (nSPS) is 13.1. The highest BCUT2D eigenvalue weighted by atomic mass is 32.2. The second-order valence-electron chi connectivity index (χ2n) is 3.41. The molecule has 0 unspecified atom stereocenters. The minimum Gasteiger partial charge on any atom is -0.326 e. The fourth-order valence-corrected chi connectivity index (χ4v) is 2.21. The molecule has 0 spiro atoms. The van der Waals surface area contributed by atoms with E-state index in [1.165, 1.54) is 0 Å². The van der Waals surface area contributed by atoms with Gasteiger partial charge in [0, 0.05) is 18.3 Å². The van der Waals surface area contributed by atoms with Crippen LogP contribution in [0.3, 0.4) is 0 Å². The van der Waals surface area contributed by atoms with Crippen molar-refractivity contribution in [2.75, 3.05) is 0 Å². The minimum atomic E-state index is -5.23. The Morgan fingerprint density at radius 3 is 2.16 bits per heavy atom. The molecule has 0 saturated heterocycles. The zero-order valence-electron chi connectivity index (χ0n) is 9.08. The van der Waals surface area contributed by atoms with Gasteiger partial charge in [-0.2, -0.15) is 13.2 Å². The van der Waals surface area contributed by atoms with Crippen molar-refractivity contribution >= 4 is 10.0 Å². The molecule has 1 heterocycles. The molecule has 0 atom stereocenters. The Balaban J connectivity index is 3.81. The first-order valence-corrected chi connectivity index (χ1v) is 6.14. The summed E-state index contributed by atoms with van der Waals surface area (Å²) in [7, 11) is -4.56. The van der Waals surface area contributed by atoms with Crippen LogP contribution in [0.5, 0.6) is 0 Å². The average molecular weight is 305 g/mol. The van der Waals surface area contributed by atoms with Crippen LogP contribution in [0.15, 0.2) is 11.1 Å². The number of aromatic nitrogens is 1. The van der Waals surface area contributed by atoms with Gasteiger partial charge in [-0.15, -0.1) is 0 Å². The average Bonchev–Trinajstić information content (AvgIpc) is 2.24. The van der Waals surface area contributed by atoms with Gasteiger partial charge in [0.15, 0.2) is 0 Å². The van der Waals surface area contributed by atoms with Gasteiger partial charge in [-0.3, -0.25) is 4.98 Å². The monoisotopic (exact) mass is 305 g/mol. The topological polar surface area (TPSA) is 99.1 Å². The Kier molecular flexibility index (Phi) is 4.12. The molecule has 0 aliphatic rings. The quantitative estimate of drug-likeness (QED) is 0.818. The highest BCUT2D eigenvalue weighted by Gasteiger charge is 2.41. The third kappa shape index (κ3) is 3.16. The first-order valence-electron chi connectivity index (χ1n) is 4.60. The first-order chi connectivity index (χ1) is 8.50. The number of hydrogen-bond acceptors (Lipinski definition) is 4. The molecule has 0 saturated carbocycles. The van der Waals surface area contributed by atoms with Crippen molar-refractivity contribution in [1.29, 1.82) is 0 Å². The lowest BCUT2D eigenvalue weighted by atomic mass is 10.1. The standard InChI is InChI=1S/C8H8F5N3O2S/c9-7(10)6-5(8(11,12)13)3(1-14)4(2-16-6)19(15,17)18/h2,7H,1,14H2,(H2,15,17,18). The SMILES string of the molecule is NCc1c(S(N)(=O)=O)cnc(C(F)F)c1C(F)(F)F. The van der Waals surface area contributed by atoms with Crippen LogP contribution in [-0.2, 0) is 22.7 Å². The molecule has 0 aliphatic heterocycles. The summed E-state index contributed by atoms with van der Waals surface area (Å²) in [5.41, 5.74) is 0.546.